The molecule has 2 N–H and O–H groups in total. The number of hydrogen-bond acceptors (Lipinski definition) is 1. The number of hydrogen-bond donors (Lipinski definition) is 2. The van der Waals surface area contributed by atoms with Crippen LogP contribution in [-0.4, -0.2) is 11.5 Å². The molecule has 1 aliphatic heterocycles. The third-order valence-corrected chi connectivity index (χ3v) is 3.48. The van der Waals surface area contributed by atoms with Crippen molar-refractivity contribution in [1.82, 2.24) is 10.3 Å². The van der Waals surface area contributed by atoms with Gasteiger partial charge in [-0.2, -0.15) is 0 Å². The van der Waals surface area contributed by atoms with E-state index in [-0.39, 0.29) is 5.54 Å². The third-order valence-electron chi connectivity index (χ3n) is 3.48. The number of rotatable bonds is 2. The molecular weight excluding hydrogens is 196 g/mol. The van der Waals surface area contributed by atoms with Gasteiger partial charge in [0.1, 0.15) is 0 Å². The van der Waals surface area contributed by atoms with Crippen LogP contribution in [0.2, 0.25) is 0 Å². The van der Waals surface area contributed by atoms with Gasteiger partial charge in [-0.3, -0.25) is 0 Å². The lowest BCUT2D eigenvalue weighted by atomic mass is 9.85. The Hall–Kier alpha value is -1.54. The van der Waals surface area contributed by atoms with Gasteiger partial charge in [-0.05, 0) is 37.1 Å². The maximum atomic E-state index is 3.66. The SMILES string of the molecule is c1ccc([C@]2(c3ccc[nH]3)CCCN2)cc1. The lowest BCUT2D eigenvalue weighted by Gasteiger charge is -2.29. The van der Waals surface area contributed by atoms with Crippen molar-refractivity contribution >= 4 is 0 Å². The monoisotopic (exact) mass is 212 g/mol. The van der Waals surface area contributed by atoms with Gasteiger partial charge in [-0.25, -0.2) is 0 Å². The third kappa shape index (κ3) is 1.38. The lowest BCUT2D eigenvalue weighted by Crippen LogP contribution is -2.38. The molecule has 1 saturated heterocycles. The van der Waals surface area contributed by atoms with Gasteiger partial charge >= 0.3 is 0 Å². The van der Waals surface area contributed by atoms with Crippen LogP contribution in [0.1, 0.15) is 24.1 Å². The first-order valence-electron chi connectivity index (χ1n) is 5.86. The highest BCUT2D eigenvalue weighted by molar-refractivity contribution is 5.36. The first-order valence-corrected chi connectivity index (χ1v) is 5.86. The van der Waals surface area contributed by atoms with Gasteiger partial charge in [0.15, 0.2) is 0 Å². The highest BCUT2D eigenvalue weighted by atomic mass is 15.0. The molecule has 2 heteroatoms. The molecule has 0 saturated carbocycles. The molecule has 0 radical (unpaired) electrons. The average Bonchev–Trinajstić information content (AvgIpc) is 3.02. The summed E-state index contributed by atoms with van der Waals surface area (Å²) in [5, 5.41) is 3.66. The number of nitrogens with one attached hydrogen (secondary N) is 2. The Morgan fingerprint density at radius 3 is 2.50 bits per heavy atom. The van der Waals surface area contributed by atoms with Crippen LogP contribution >= 0.6 is 0 Å². The van der Waals surface area contributed by atoms with Crippen LogP contribution in [0.25, 0.3) is 0 Å². The first kappa shape index (κ1) is 9.67. The van der Waals surface area contributed by atoms with E-state index in [9.17, 15) is 0 Å². The Kier molecular flexibility index (Phi) is 2.29. The Labute approximate surface area is 95.7 Å². The smallest absolute Gasteiger partial charge is 0.0842 e. The van der Waals surface area contributed by atoms with Crippen LogP contribution in [0.3, 0.4) is 0 Å². The van der Waals surface area contributed by atoms with E-state index in [0.717, 1.165) is 13.0 Å². The topological polar surface area (TPSA) is 27.8 Å². The van der Waals surface area contributed by atoms with Crippen molar-refractivity contribution in [2.75, 3.05) is 6.54 Å². The molecular formula is C14H16N2. The van der Waals surface area contributed by atoms with E-state index in [0.29, 0.717) is 0 Å². The minimum absolute atomic E-state index is 0.00472. The van der Waals surface area contributed by atoms with Gasteiger partial charge in [0, 0.05) is 11.9 Å². The summed E-state index contributed by atoms with van der Waals surface area (Å²) in [6.07, 6.45) is 4.39. The quantitative estimate of drug-likeness (QED) is 0.787. The average molecular weight is 212 g/mol. The molecule has 1 aromatic heterocycles. The van der Waals surface area contributed by atoms with Crippen molar-refractivity contribution < 1.29 is 0 Å². The van der Waals surface area contributed by atoms with Crippen LogP contribution in [0.15, 0.2) is 48.7 Å². The molecule has 1 atom stereocenters. The van der Waals surface area contributed by atoms with Gasteiger partial charge in [0.05, 0.1) is 5.54 Å². The molecule has 1 fully saturated rings. The summed E-state index contributed by atoms with van der Waals surface area (Å²) in [7, 11) is 0. The lowest BCUT2D eigenvalue weighted by molar-refractivity contribution is 0.464. The second kappa shape index (κ2) is 3.80. The fourth-order valence-electron chi connectivity index (χ4n) is 2.69. The molecule has 16 heavy (non-hydrogen) atoms. The van der Waals surface area contributed by atoms with Gasteiger partial charge in [-0.15, -0.1) is 0 Å². The highest BCUT2D eigenvalue weighted by Crippen LogP contribution is 2.36. The summed E-state index contributed by atoms with van der Waals surface area (Å²) in [6.45, 7) is 1.09. The van der Waals surface area contributed by atoms with E-state index in [1.165, 1.54) is 17.7 Å². The molecule has 1 aromatic carbocycles. The zero-order valence-electron chi connectivity index (χ0n) is 9.24. The predicted molar refractivity (Wildman–Crippen MR) is 65.3 cm³/mol. The van der Waals surface area contributed by atoms with E-state index >= 15 is 0 Å². The molecule has 0 bridgehead atoms. The summed E-state index contributed by atoms with van der Waals surface area (Å²) in [4.78, 5) is 3.36. The molecule has 2 aromatic rings. The van der Waals surface area contributed by atoms with Crippen molar-refractivity contribution in [3.05, 3.63) is 59.9 Å². The van der Waals surface area contributed by atoms with E-state index in [2.05, 4.69) is 52.8 Å². The summed E-state index contributed by atoms with van der Waals surface area (Å²) in [5.41, 5.74) is 2.64. The van der Waals surface area contributed by atoms with E-state index in [1.54, 1.807) is 0 Å². The summed E-state index contributed by atoms with van der Waals surface area (Å²) < 4.78 is 0. The fourth-order valence-corrected chi connectivity index (χ4v) is 2.69. The summed E-state index contributed by atoms with van der Waals surface area (Å²) in [6, 6.07) is 14.9. The molecule has 0 aliphatic carbocycles. The van der Waals surface area contributed by atoms with Crippen LogP contribution in [0.4, 0.5) is 0 Å². The van der Waals surface area contributed by atoms with Crippen molar-refractivity contribution in [2.24, 2.45) is 0 Å². The molecule has 2 heterocycles. The van der Waals surface area contributed by atoms with Crippen LogP contribution in [0.5, 0.6) is 0 Å². The zero-order valence-corrected chi connectivity index (χ0v) is 9.24. The Bertz CT molecular complexity index is 439. The Morgan fingerprint density at radius 2 is 1.88 bits per heavy atom. The van der Waals surface area contributed by atoms with Gasteiger partial charge in [-0.1, -0.05) is 30.3 Å². The Morgan fingerprint density at radius 1 is 1.00 bits per heavy atom. The number of benzene rings is 1. The maximum Gasteiger partial charge on any atom is 0.0842 e. The molecule has 2 nitrogen and oxygen atoms in total. The highest BCUT2D eigenvalue weighted by Gasteiger charge is 2.37. The molecule has 0 amide bonds. The van der Waals surface area contributed by atoms with Crippen molar-refractivity contribution in [2.45, 2.75) is 18.4 Å². The van der Waals surface area contributed by atoms with Crippen molar-refractivity contribution in [3.8, 4) is 0 Å². The molecule has 0 unspecified atom stereocenters. The molecule has 82 valence electrons. The van der Waals surface area contributed by atoms with E-state index in [4.69, 9.17) is 0 Å². The largest absolute Gasteiger partial charge is 0.363 e. The normalized spacial score (nSPS) is 24.8. The predicted octanol–water partition coefficient (Wildman–Crippen LogP) is 2.64. The first-order chi connectivity index (χ1) is 7.92. The zero-order chi connectivity index (χ0) is 10.8. The second-order valence-electron chi connectivity index (χ2n) is 4.39. The standard InChI is InChI=1S/C14H16N2/c1-2-6-12(7-3-1)14(9-5-11-16-14)13-8-4-10-15-13/h1-4,6-8,10,15-16H,5,9,11H2/t14-/m0/s1. The molecule has 1 aliphatic rings. The summed E-state index contributed by atoms with van der Waals surface area (Å²) in [5.74, 6) is 0. The van der Waals surface area contributed by atoms with Crippen LogP contribution < -0.4 is 5.32 Å². The molecule has 0 spiro atoms. The molecule has 3 rings (SSSR count). The minimum Gasteiger partial charge on any atom is -0.363 e. The number of aromatic amines is 1. The van der Waals surface area contributed by atoms with Crippen molar-refractivity contribution in [3.63, 3.8) is 0 Å². The van der Waals surface area contributed by atoms with Gasteiger partial charge in [0.25, 0.3) is 0 Å². The Balaban J connectivity index is 2.11. The van der Waals surface area contributed by atoms with Crippen molar-refractivity contribution in [1.29, 1.82) is 0 Å². The minimum atomic E-state index is 0.00472. The van der Waals surface area contributed by atoms with Crippen LogP contribution in [0, 0.1) is 0 Å². The number of aromatic nitrogens is 1. The maximum absolute atomic E-state index is 3.66. The summed E-state index contributed by atoms with van der Waals surface area (Å²) >= 11 is 0. The van der Waals surface area contributed by atoms with Crippen LogP contribution in [-0.2, 0) is 5.54 Å². The van der Waals surface area contributed by atoms with E-state index < -0.39 is 0 Å². The fraction of sp³-hybridized carbons (Fsp3) is 0.286. The second-order valence-corrected chi connectivity index (χ2v) is 4.39. The van der Waals surface area contributed by atoms with E-state index in [1.807, 2.05) is 6.20 Å². The van der Waals surface area contributed by atoms with Gasteiger partial charge < -0.3 is 10.3 Å². The number of H-pyrrole nitrogens is 1. The van der Waals surface area contributed by atoms with Gasteiger partial charge in [0.2, 0.25) is 0 Å².